The summed E-state index contributed by atoms with van der Waals surface area (Å²) in [7, 11) is 1.71. The Hall–Kier alpha value is -2.45. The van der Waals surface area contributed by atoms with Crippen molar-refractivity contribution < 1.29 is 19.0 Å². The number of carbonyl (C=O) groups is 1. The number of hydrogen-bond acceptors (Lipinski definition) is 6. The smallest absolute Gasteiger partial charge is 0.253 e. The highest BCUT2D eigenvalue weighted by Gasteiger charge is 2.37. The highest BCUT2D eigenvalue weighted by Crippen LogP contribution is 2.41. The number of nitrogens with one attached hydrogen (secondary N) is 1. The molecule has 3 aromatic rings. The second kappa shape index (κ2) is 10.9. The number of rotatable bonds is 10. The highest BCUT2D eigenvalue weighted by molar-refractivity contribution is 7.13. The standard InChI is InChI=1S/C27H32N2O4S/c1-31-12-5-13-32-23-16-19(18-29(20-9-10-20)27(30)24-17-28-11-14-33-24)26(25-8-4-15-34-25)22-7-3-2-6-21(22)23/h2-4,6-8,15-16,20,24,28H,5,9-14,17-18H2,1H3/t24-/m1/s1. The molecule has 2 heterocycles. The van der Waals surface area contributed by atoms with E-state index in [1.807, 2.05) is 4.90 Å². The van der Waals surface area contributed by atoms with E-state index in [-0.39, 0.29) is 11.9 Å². The van der Waals surface area contributed by atoms with Crippen LogP contribution in [0.1, 0.15) is 24.8 Å². The lowest BCUT2D eigenvalue weighted by atomic mass is 9.96. The van der Waals surface area contributed by atoms with Gasteiger partial charge in [0, 0.05) is 61.6 Å². The summed E-state index contributed by atoms with van der Waals surface area (Å²) < 4.78 is 17.3. The van der Waals surface area contributed by atoms with Crippen LogP contribution in [0, 0.1) is 0 Å². The molecule has 0 radical (unpaired) electrons. The molecular formula is C27H32N2O4S. The van der Waals surface area contributed by atoms with Gasteiger partial charge in [-0.3, -0.25) is 4.79 Å². The molecule has 1 aromatic heterocycles. The number of carbonyl (C=O) groups excluding carboxylic acids is 1. The van der Waals surface area contributed by atoms with Gasteiger partial charge in [0.2, 0.25) is 0 Å². The molecular weight excluding hydrogens is 448 g/mol. The largest absolute Gasteiger partial charge is 0.493 e. The van der Waals surface area contributed by atoms with Crippen LogP contribution in [0.15, 0.2) is 47.8 Å². The Labute approximate surface area is 204 Å². The predicted molar refractivity (Wildman–Crippen MR) is 135 cm³/mol. The quantitative estimate of drug-likeness (QED) is 0.434. The van der Waals surface area contributed by atoms with Crippen LogP contribution in [0.25, 0.3) is 21.2 Å². The molecule has 1 N–H and O–H groups in total. The highest BCUT2D eigenvalue weighted by atomic mass is 32.1. The molecule has 1 saturated carbocycles. The molecule has 7 heteroatoms. The summed E-state index contributed by atoms with van der Waals surface area (Å²) in [5, 5.41) is 7.65. The van der Waals surface area contributed by atoms with Crippen molar-refractivity contribution in [1.82, 2.24) is 10.2 Å². The number of nitrogens with zero attached hydrogens (tertiary/aromatic N) is 1. The van der Waals surface area contributed by atoms with Crippen molar-refractivity contribution in [2.24, 2.45) is 0 Å². The Kier molecular flexibility index (Phi) is 7.45. The summed E-state index contributed by atoms with van der Waals surface area (Å²) in [4.78, 5) is 16.7. The Morgan fingerprint density at radius 3 is 2.74 bits per heavy atom. The molecule has 0 unspecified atom stereocenters. The zero-order valence-electron chi connectivity index (χ0n) is 19.6. The normalized spacial score (nSPS) is 18.2. The van der Waals surface area contributed by atoms with E-state index in [1.165, 1.54) is 10.4 Å². The third kappa shape index (κ3) is 5.13. The van der Waals surface area contributed by atoms with Gasteiger partial charge in [-0.15, -0.1) is 11.3 Å². The van der Waals surface area contributed by atoms with E-state index < -0.39 is 6.10 Å². The molecule has 180 valence electrons. The van der Waals surface area contributed by atoms with E-state index in [2.05, 4.69) is 53.2 Å². The van der Waals surface area contributed by atoms with Crippen LogP contribution >= 0.6 is 11.3 Å². The topological polar surface area (TPSA) is 60.0 Å². The van der Waals surface area contributed by atoms with Gasteiger partial charge < -0.3 is 24.4 Å². The number of hydrogen-bond donors (Lipinski definition) is 1. The maximum atomic E-state index is 13.5. The number of fused-ring (bicyclic) bond motifs is 1. The maximum absolute atomic E-state index is 13.5. The number of ether oxygens (including phenoxy) is 3. The average Bonchev–Trinajstić information content (AvgIpc) is 3.58. The molecule has 1 aliphatic heterocycles. The van der Waals surface area contributed by atoms with Crippen LogP contribution in [-0.4, -0.2) is 63.0 Å². The summed E-state index contributed by atoms with van der Waals surface area (Å²) in [5.74, 6) is 0.948. The van der Waals surface area contributed by atoms with Gasteiger partial charge in [-0.1, -0.05) is 30.3 Å². The molecule has 6 nitrogen and oxygen atoms in total. The van der Waals surface area contributed by atoms with Gasteiger partial charge in [0.05, 0.1) is 13.2 Å². The summed E-state index contributed by atoms with van der Waals surface area (Å²) in [6, 6.07) is 15.1. The molecule has 1 amide bonds. The van der Waals surface area contributed by atoms with Gasteiger partial charge in [0.1, 0.15) is 11.9 Å². The molecule has 34 heavy (non-hydrogen) atoms. The van der Waals surface area contributed by atoms with Crippen LogP contribution in [0.4, 0.5) is 0 Å². The van der Waals surface area contributed by atoms with Crippen molar-refractivity contribution in [3.63, 3.8) is 0 Å². The van der Waals surface area contributed by atoms with Gasteiger partial charge in [-0.25, -0.2) is 0 Å². The molecule has 0 bridgehead atoms. The Morgan fingerprint density at radius 2 is 2.03 bits per heavy atom. The van der Waals surface area contributed by atoms with Gasteiger partial charge in [0.25, 0.3) is 5.91 Å². The van der Waals surface area contributed by atoms with Crippen molar-refractivity contribution in [3.05, 3.63) is 53.4 Å². The first-order chi connectivity index (χ1) is 16.8. The predicted octanol–water partition coefficient (Wildman–Crippen LogP) is 4.46. The second-order valence-electron chi connectivity index (χ2n) is 8.89. The van der Waals surface area contributed by atoms with Gasteiger partial charge in [-0.2, -0.15) is 0 Å². The average molecular weight is 481 g/mol. The first-order valence-corrected chi connectivity index (χ1v) is 13.0. The summed E-state index contributed by atoms with van der Waals surface area (Å²) in [6.07, 6.45) is 2.51. The first-order valence-electron chi connectivity index (χ1n) is 12.1. The van der Waals surface area contributed by atoms with E-state index in [0.29, 0.717) is 32.9 Å². The number of benzene rings is 2. The third-order valence-corrected chi connectivity index (χ3v) is 7.31. The Bertz CT molecular complexity index is 1110. The molecule has 1 atom stereocenters. The van der Waals surface area contributed by atoms with E-state index in [4.69, 9.17) is 14.2 Å². The minimum absolute atomic E-state index is 0.0857. The number of methoxy groups -OCH3 is 1. The van der Waals surface area contributed by atoms with Crippen molar-refractivity contribution in [2.75, 3.05) is 40.0 Å². The maximum Gasteiger partial charge on any atom is 0.253 e. The van der Waals surface area contributed by atoms with E-state index in [1.54, 1.807) is 18.4 Å². The lowest BCUT2D eigenvalue weighted by Gasteiger charge is -2.31. The Balaban J connectivity index is 1.54. The summed E-state index contributed by atoms with van der Waals surface area (Å²) in [5.41, 5.74) is 2.31. The number of amides is 1. The fraction of sp³-hybridized carbons (Fsp3) is 0.444. The minimum atomic E-state index is -0.412. The van der Waals surface area contributed by atoms with Crippen LogP contribution in [0.5, 0.6) is 5.75 Å². The lowest BCUT2D eigenvalue weighted by Crippen LogP contribution is -2.49. The first kappa shape index (κ1) is 23.3. The van der Waals surface area contributed by atoms with Gasteiger partial charge in [0.15, 0.2) is 0 Å². The van der Waals surface area contributed by atoms with Crippen molar-refractivity contribution in [3.8, 4) is 16.2 Å². The molecule has 2 aromatic carbocycles. The zero-order chi connectivity index (χ0) is 23.3. The van der Waals surface area contributed by atoms with E-state index in [0.717, 1.165) is 47.9 Å². The van der Waals surface area contributed by atoms with Crippen LogP contribution in [0.3, 0.4) is 0 Å². The number of morpholine rings is 1. The molecule has 2 fully saturated rings. The molecule has 0 spiro atoms. The van der Waals surface area contributed by atoms with Crippen molar-refractivity contribution >= 4 is 28.0 Å². The molecule has 5 rings (SSSR count). The van der Waals surface area contributed by atoms with Gasteiger partial charge in [-0.05, 0) is 41.3 Å². The fourth-order valence-corrected chi connectivity index (χ4v) is 5.42. The molecule has 1 saturated heterocycles. The summed E-state index contributed by atoms with van der Waals surface area (Å²) in [6.45, 7) is 3.75. The monoisotopic (exact) mass is 480 g/mol. The van der Waals surface area contributed by atoms with Crippen molar-refractivity contribution in [1.29, 1.82) is 0 Å². The van der Waals surface area contributed by atoms with Gasteiger partial charge >= 0.3 is 0 Å². The fourth-order valence-electron chi connectivity index (χ4n) is 4.60. The number of thiophene rings is 1. The minimum Gasteiger partial charge on any atom is -0.493 e. The SMILES string of the molecule is COCCCOc1cc(CN(C(=O)[C@H]2CNCCO2)C2CC2)c(-c2cccs2)c2ccccc12. The second-order valence-corrected chi connectivity index (χ2v) is 9.84. The molecule has 2 aliphatic rings. The summed E-state index contributed by atoms with van der Waals surface area (Å²) >= 11 is 1.73. The van der Waals surface area contributed by atoms with Crippen LogP contribution < -0.4 is 10.1 Å². The van der Waals surface area contributed by atoms with E-state index in [9.17, 15) is 4.79 Å². The Morgan fingerprint density at radius 1 is 1.18 bits per heavy atom. The lowest BCUT2D eigenvalue weighted by molar-refractivity contribution is -0.146. The van der Waals surface area contributed by atoms with Crippen molar-refractivity contribution in [2.45, 2.75) is 38.0 Å². The van der Waals surface area contributed by atoms with Crippen LogP contribution in [-0.2, 0) is 20.8 Å². The van der Waals surface area contributed by atoms with E-state index >= 15 is 0 Å². The zero-order valence-corrected chi connectivity index (χ0v) is 20.4. The third-order valence-electron chi connectivity index (χ3n) is 6.42. The molecule has 1 aliphatic carbocycles. The van der Waals surface area contributed by atoms with Crippen LogP contribution in [0.2, 0.25) is 0 Å².